The summed E-state index contributed by atoms with van der Waals surface area (Å²) in [7, 11) is 1.61. The molecular formula is C18H18N2O2. The highest BCUT2D eigenvalue weighted by Crippen LogP contribution is 2.27. The summed E-state index contributed by atoms with van der Waals surface area (Å²) in [6.45, 7) is 2.08. The third-order valence-electron chi connectivity index (χ3n) is 3.76. The molecule has 112 valence electrons. The predicted molar refractivity (Wildman–Crippen MR) is 88.6 cm³/mol. The lowest BCUT2D eigenvalue weighted by Crippen LogP contribution is -2.12. The van der Waals surface area contributed by atoms with Gasteiger partial charge in [0.2, 0.25) is 0 Å². The molecule has 0 saturated carbocycles. The molecule has 0 aliphatic carbocycles. The monoisotopic (exact) mass is 294 g/mol. The number of carbonyl (C=O) groups excluding carboxylic acids is 1. The van der Waals surface area contributed by atoms with Crippen LogP contribution in [0.3, 0.4) is 0 Å². The standard InChI is InChI=1S/C18H18N2O2/c1-3-12-8-9-16(17(10-12)22-2)20-18(21)14-11-19-15-7-5-4-6-13(14)15/h4-11,19H,3H2,1-2H3,(H,20,21). The average molecular weight is 294 g/mol. The number of rotatable bonds is 4. The van der Waals surface area contributed by atoms with Crippen molar-refractivity contribution in [1.82, 2.24) is 4.98 Å². The lowest BCUT2D eigenvalue weighted by atomic mass is 10.1. The molecule has 2 aromatic carbocycles. The molecule has 3 aromatic rings. The number of fused-ring (bicyclic) bond motifs is 1. The first-order valence-electron chi connectivity index (χ1n) is 7.27. The van der Waals surface area contributed by atoms with Gasteiger partial charge < -0.3 is 15.0 Å². The van der Waals surface area contributed by atoms with E-state index in [4.69, 9.17) is 4.74 Å². The molecular weight excluding hydrogens is 276 g/mol. The molecule has 0 atom stereocenters. The number of benzene rings is 2. The second-order valence-corrected chi connectivity index (χ2v) is 5.09. The van der Waals surface area contributed by atoms with Crippen LogP contribution in [0.1, 0.15) is 22.8 Å². The van der Waals surface area contributed by atoms with E-state index in [0.29, 0.717) is 17.0 Å². The van der Waals surface area contributed by atoms with Crippen LogP contribution >= 0.6 is 0 Å². The number of aromatic nitrogens is 1. The maximum absolute atomic E-state index is 12.5. The van der Waals surface area contributed by atoms with Crippen molar-refractivity contribution in [3.05, 3.63) is 59.8 Å². The minimum absolute atomic E-state index is 0.153. The molecule has 1 amide bonds. The molecule has 0 unspecified atom stereocenters. The van der Waals surface area contributed by atoms with Crippen LogP contribution < -0.4 is 10.1 Å². The summed E-state index contributed by atoms with van der Waals surface area (Å²) >= 11 is 0. The van der Waals surface area contributed by atoms with Crippen molar-refractivity contribution >= 4 is 22.5 Å². The van der Waals surface area contributed by atoms with Gasteiger partial charge in [-0.15, -0.1) is 0 Å². The molecule has 0 saturated heterocycles. The Bertz CT molecular complexity index is 821. The van der Waals surface area contributed by atoms with E-state index in [1.165, 1.54) is 5.56 Å². The van der Waals surface area contributed by atoms with Gasteiger partial charge in [0.05, 0.1) is 18.4 Å². The highest BCUT2D eigenvalue weighted by Gasteiger charge is 2.14. The Balaban J connectivity index is 1.91. The number of anilines is 1. The number of aromatic amines is 1. The number of ether oxygens (including phenoxy) is 1. The Morgan fingerprint density at radius 2 is 2.05 bits per heavy atom. The van der Waals surface area contributed by atoms with E-state index in [-0.39, 0.29) is 5.91 Å². The number of amides is 1. The summed E-state index contributed by atoms with van der Waals surface area (Å²) in [4.78, 5) is 15.6. The molecule has 0 aliphatic heterocycles. The zero-order valence-corrected chi connectivity index (χ0v) is 12.6. The Morgan fingerprint density at radius 3 is 2.82 bits per heavy atom. The molecule has 22 heavy (non-hydrogen) atoms. The summed E-state index contributed by atoms with van der Waals surface area (Å²) in [5.41, 5.74) is 3.41. The van der Waals surface area contributed by atoms with E-state index in [0.717, 1.165) is 17.3 Å². The summed E-state index contributed by atoms with van der Waals surface area (Å²) in [5.74, 6) is 0.521. The van der Waals surface area contributed by atoms with Crippen molar-refractivity contribution in [3.63, 3.8) is 0 Å². The van der Waals surface area contributed by atoms with E-state index in [1.807, 2.05) is 42.5 Å². The van der Waals surface area contributed by atoms with E-state index in [9.17, 15) is 4.79 Å². The summed E-state index contributed by atoms with van der Waals surface area (Å²) in [6, 6.07) is 13.6. The van der Waals surface area contributed by atoms with Gasteiger partial charge in [-0.05, 0) is 30.2 Å². The fourth-order valence-electron chi connectivity index (χ4n) is 2.51. The van der Waals surface area contributed by atoms with Crippen LogP contribution in [0.15, 0.2) is 48.7 Å². The van der Waals surface area contributed by atoms with Crippen LogP contribution in [0.5, 0.6) is 5.75 Å². The molecule has 0 fully saturated rings. The van der Waals surface area contributed by atoms with Crippen LogP contribution in [0.4, 0.5) is 5.69 Å². The summed E-state index contributed by atoms with van der Waals surface area (Å²) in [6.07, 6.45) is 2.65. The second-order valence-electron chi connectivity index (χ2n) is 5.09. The summed E-state index contributed by atoms with van der Waals surface area (Å²) in [5, 5.41) is 3.83. The predicted octanol–water partition coefficient (Wildman–Crippen LogP) is 3.99. The van der Waals surface area contributed by atoms with Crippen molar-refractivity contribution in [2.75, 3.05) is 12.4 Å². The molecule has 0 aliphatic rings. The minimum atomic E-state index is -0.153. The van der Waals surface area contributed by atoms with E-state index < -0.39 is 0 Å². The van der Waals surface area contributed by atoms with Gasteiger partial charge in [0, 0.05) is 17.1 Å². The largest absolute Gasteiger partial charge is 0.495 e. The average Bonchev–Trinajstić information content (AvgIpc) is 2.99. The van der Waals surface area contributed by atoms with Gasteiger partial charge in [0.1, 0.15) is 5.75 Å². The van der Waals surface area contributed by atoms with Crippen LogP contribution in [0.2, 0.25) is 0 Å². The van der Waals surface area contributed by atoms with Gasteiger partial charge in [-0.3, -0.25) is 4.79 Å². The molecule has 2 N–H and O–H groups in total. The van der Waals surface area contributed by atoms with Crippen molar-refractivity contribution in [3.8, 4) is 5.75 Å². The molecule has 4 heteroatoms. The molecule has 1 aromatic heterocycles. The van der Waals surface area contributed by atoms with E-state index in [1.54, 1.807) is 13.3 Å². The third-order valence-corrected chi connectivity index (χ3v) is 3.76. The van der Waals surface area contributed by atoms with Crippen LogP contribution in [-0.4, -0.2) is 18.0 Å². The van der Waals surface area contributed by atoms with Crippen LogP contribution in [-0.2, 0) is 6.42 Å². The number of para-hydroxylation sites is 1. The van der Waals surface area contributed by atoms with Gasteiger partial charge >= 0.3 is 0 Å². The van der Waals surface area contributed by atoms with Crippen molar-refractivity contribution in [2.45, 2.75) is 13.3 Å². The van der Waals surface area contributed by atoms with Gasteiger partial charge in [-0.2, -0.15) is 0 Å². The van der Waals surface area contributed by atoms with E-state index >= 15 is 0 Å². The number of hydrogen-bond acceptors (Lipinski definition) is 2. The van der Waals surface area contributed by atoms with Gasteiger partial charge in [-0.1, -0.05) is 31.2 Å². The topological polar surface area (TPSA) is 54.1 Å². The Morgan fingerprint density at radius 1 is 1.23 bits per heavy atom. The maximum atomic E-state index is 12.5. The highest BCUT2D eigenvalue weighted by molar-refractivity contribution is 6.13. The minimum Gasteiger partial charge on any atom is -0.495 e. The molecule has 0 radical (unpaired) electrons. The molecule has 3 rings (SSSR count). The number of nitrogens with one attached hydrogen (secondary N) is 2. The molecule has 1 heterocycles. The van der Waals surface area contributed by atoms with Gasteiger partial charge in [0.15, 0.2) is 0 Å². The lowest BCUT2D eigenvalue weighted by Gasteiger charge is -2.11. The van der Waals surface area contributed by atoms with Gasteiger partial charge in [0.25, 0.3) is 5.91 Å². The van der Waals surface area contributed by atoms with Crippen molar-refractivity contribution in [1.29, 1.82) is 0 Å². The molecule has 0 bridgehead atoms. The first-order chi connectivity index (χ1) is 10.7. The number of methoxy groups -OCH3 is 1. The Labute approximate surface area is 129 Å². The van der Waals surface area contributed by atoms with Crippen molar-refractivity contribution in [2.24, 2.45) is 0 Å². The zero-order chi connectivity index (χ0) is 15.5. The maximum Gasteiger partial charge on any atom is 0.257 e. The highest BCUT2D eigenvalue weighted by atomic mass is 16.5. The third kappa shape index (κ3) is 2.55. The quantitative estimate of drug-likeness (QED) is 0.764. The number of carbonyl (C=O) groups is 1. The fraction of sp³-hybridized carbons (Fsp3) is 0.167. The first kappa shape index (κ1) is 14.2. The lowest BCUT2D eigenvalue weighted by molar-refractivity contribution is 0.102. The SMILES string of the molecule is CCc1ccc(NC(=O)c2c[nH]c3ccccc23)c(OC)c1. The summed E-state index contributed by atoms with van der Waals surface area (Å²) < 4.78 is 5.37. The normalized spacial score (nSPS) is 10.6. The first-order valence-corrected chi connectivity index (χ1v) is 7.27. The Hall–Kier alpha value is -2.75. The van der Waals surface area contributed by atoms with Crippen LogP contribution in [0.25, 0.3) is 10.9 Å². The second kappa shape index (κ2) is 5.93. The number of aryl methyl sites for hydroxylation is 1. The fourth-order valence-corrected chi connectivity index (χ4v) is 2.51. The smallest absolute Gasteiger partial charge is 0.257 e. The molecule has 0 spiro atoms. The molecule has 4 nitrogen and oxygen atoms in total. The van der Waals surface area contributed by atoms with Gasteiger partial charge in [-0.25, -0.2) is 0 Å². The van der Waals surface area contributed by atoms with Crippen molar-refractivity contribution < 1.29 is 9.53 Å². The Kier molecular flexibility index (Phi) is 3.83. The number of hydrogen-bond donors (Lipinski definition) is 2. The zero-order valence-electron chi connectivity index (χ0n) is 12.6. The van der Waals surface area contributed by atoms with E-state index in [2.05, 4.69) is 17.2 Å². The number of H-pyrrole nitrogens is 1. The van der Waals surface area contributed by atoms with Crippen LogP contribution in [0, 0.1) is 0 Å².